The molecule has 0 aliphatic heterocycles. The van der Waals surface area contributed by atoms with Crippen LogP contribution in [0, 0.1) is 6.92 Å². The first-order valence-electron chi connectivity index (χ1n) is 8.36. The summed E-state index contributed by atoms with van der Waals surface area (Å²) in [6, 6.07) is 11.0. The first-order chi connectivity index (χ1) is 12.3. The molecule has 2 aromatic carbocycles. The summed E-state index contributed by atoms with van der Waals surface area (Å²) in [5.74, 6) is -0.114. The van der Waals surface area contributed by atoms with Crippen molar-refractivity contribution in [2.75, 3.05) is 23.9 Å². The van der Waals surface area contributed by atoms with Gasteiger partial charge in [-0.1, -0.05) is 30.7 Å². The fraction of sp³-hybridized carbons (Fsp3) is 0.300. The molecule has 0 radical (unpaired) electrons. The van der Waals surface area contributed by atoms with Crippen LogP contribution in [0.25, 0.3) is 0 Å². The molecule has 0 aromatic heterocycles. The minimum atomic E-state index is -0.292. The fourth-order valence-corrected chi connectivity index (χ4v) is 2.71. The van der Waals surface area contributed by atoms with Gasteiger partial charge in [0.2, 0.25) is 11.8 Å². The predicted molar refractivity (Wildman–Crippen MR) is 105 cm³/mol. The standard InChI is InChI=1S/C20H23ClN2O3/c1-5-15-6-8-16(9-7-15)22-20(25)12-23(14(3)24)18-10-13(2)17(21)11-19(18)26-4/h6-11H,5,12H2,1-4H3,(H,22,25). The molecule has 0 unspecified atom stereocenters. The highest BCUT2D eigenvalue weighted by Gasteiger charge is 2.20. The number of carbonyl (C=O) groups excluding carboxylic acids is 2. The molecule has 2 rings (SSSR count). The van der Waals surface area contributed by atoms with Crippen molar-refractivity contribution in [2.45, 2.75) is 27.2 Å². The van der Waals surface area contributed by atoms with Gasteiger partial charge in [-0.15, -0.1) is 0 Å². The molecule has 6 heteroatoms. The Hall–Kier alpha value is -2.53. The van der Waals surface area contributed by atoms with Gasteiger partial charge >= 0.3 is 0 Å². The lowest BCUT2D eigenvalue weighted by atomic mass is 10.1. The van der Waals surface area contributed by atoms with E-state index in [2.05, 4.69) is 12.2 Å². The second-order valence-electron chi connectivity index (χ2n) is 5.98. The predicted octanol–water partition coefficient (Wildman–Crippen LogP) is 4.21. The van der Waals surface area contributed by atoms with Crippen molar-refractivity contribution in [3.63, 3.8) is 0 Å². The van der Waals surface area contributed by atoms with E-state index in [4.69, 9.17) is 16.3 Å². The van der Waals surface area contributed by atoms with Crippen molar-refractivity contribution in [3.8, 4) is 5.75 Å². The number of nitrogens with one attached hydrogen (secondary N) is 1. The maximum Gasteiger partial charge on any atom is 0.244 e. The Morgan fingerprint density at radius 2 is 1.85 bits per heavy atom. The van der Waals surface area contributed by atoms with Gasteiger partial charge in [0.05, 0.1) is 12.8 Å². The number of methoxy groups -OCH3 is 1. The average molecular weight is 375 g/mol. The molecular weight excluding hydrogens is 352 g/mol. The van der Waals surface area contributed by atoms with Crippen LogP contribution in [0.2, 0.25) is 5.02 Å². The van der Waals surface area contributed by atoms with Gasteiger partial charge in [0.25, 0.3) is 0 Å². The number of benzene rings is 2. The first kappa shape index (κ1) is 19.8. The van der Waals surface area contributed by atoms with E-state index < -0.39 is 0 Å². The van der Waals surface area contributed by atoms with Gasteiger partial charge in [-0.05, 0) is 42.7 Å². The van der Waals surface area contributed by atoms with Crippen LogP contribution in [0.4, 0.5) is 11.4 Å². The molecule has 0 saturated carbocycles. The number of anilines is 2. The number of hydrogen-bond donors (Lipinski definition) is 1. The maximum atomic E-state index is 12.4. The number of ether oxygens (including phenoxy) is 1. The van der Waals surface area contributed by atoms with Crippen LogP contribution in [-0.4, -0.2) is 25.5 Å². The van der Waals surface area contributed by atoms with Crippen LogP contribution in [0.1, 0.15) is 25.0 Å². The van der Waals surface area contributed by atoms with Crippen molar-refractivity contribution in [2.24, 2.45) is 0 Å². The average Bonchev–Trinajstić information content (AvgIpc) is 2.62. The quantitative estimate of drug-likeness (QED) is 0.823. The zero-order valence-electron chi connectivity index (χ0n) is 15.4. The minimum Gasteiger partial charge on any atom is -0.495 e. The van der Waals surface area contributed by atoms with Gasteiger partial charge < -0.3 is 10.1 Å². The SMILES string of the molecule is CCc1ccc(NC(=O)CN(C(C)=O)c2cc(C)c(Cl)cc2OC)cc1. The Morgan fingerprint density at radius 3 is 2.38 bits per heavy atom. The van der Waals surface area contributed by atoms with E-state index in [0.717, 1.165) is 12.0 Å². The van der Waals surface area contributed by atoms with Crippen molar-refractivity contribution in [1.29, 1.82) is 0 Å². The molecule has 5 nitrogen and oxygen atoms in total. The Balaban J connectivity index is 2.21. The summed E-state index contributed by atoms with van der Waals surface area (Å²) in [4.78, 5) is 25.9. The highest BCUT2D eigenvalue weighted by atomic mass is 35.5. The lowest BCUT2D eigenvalue weighted by Crippen LogP contribution is -2.37. The second-order valence-corrected chi connectivity index (χ2v) is 6.38. The van der Waals surface area contributed by atoms with Gasteiger partial charge in [0, 0.05) is 23.7 Å². The van der Waals surface area contributed by atoms with Gasteiger partial charge in [0.1, 0.15) is 12.3 Å². The molecule has 138 valence electrons. The molecule has 2 aromatic rings. The minimum absolute atomic E-state index is 0.123. The zero-order valence-corrected chi connectivity index (χ0v) is 16.2. The Kier molecular flexibility index (Phi) is 6.64. The number of amides is 2. The molecule has 2 amide bonds. The first-order valence-corrected chi connectivity index (χ1v) is 8.74. The lowest BCUT2D eigenvalue weighted by Gasteiger charge is -2.23. The molecule has 1 N–H and O–H groups in total. The van der Waals surface area contributed by atoms with Crippen LogP contribution < -0.4 is 15.0 Å². The van der Waals surface area contributed by atoms with E-state index in [9.17, 15) is 9.59 Å². The summed E-state index contributed by atoms with van der Waals surface area (Å²) >= 11 is 6.12. The Bertz CT molecular complexity index is 803. The van der Waals surface area contributed by atoms with E-state index >= 15 is 0 Å². The van der Waals surface area contributed by atoms with Crippen LogP contribution >= 0.6 is 11.6 Å². The van der Waals surface area contributed by atoms with Crippen molar-refractivity contribution in [3.05, 3.63) is 52.5 Å². The monoisotopic (exact) mass is 374 g/mol. The smallest absolute Gasteiger partial charge is 0.244 e. The third-order valence-corrected chi connectivity index (χ3v) is 4.49. The summed E-state index contributed by atoms with van der Waals surface area (Å²) in [5, 5.41) is 3.35. The van der Waals surface area contributed by atoms with Gasteiger partial charge in [0.15, 0.2) is 0 Å². The van der Waals surface area contributed by atoms with Crippen LogP contribution in [0.3, 0.4) is 0 Å². The molecule has 0 aliphatic carbocycles. The molecule has 0 aliphatic rings. The van der Waals surface area contributed by atoms with E-state index in [-0.39, 0.29) is 18.4 Å². The number of aryl methyl sites for hydroxylation is 2. The van der Waals surface area contributed by atoms with Crippen molar-refractivity contribution in [1.82, 2.24) is 0 Å². The van der Waals surface area contributed by atoms with Crippen LogP contribution in [0.15, 0.2) is 36.4 Å². The lowest BCUT2D eigenvalue weighted by molar-refractivity contribution is -0.120. The van der Waals surface area contributed by atoms with Crippen LogP contribution in [0.5, 0.6) is 5.75 Å². The normalized spacial score (nSPS) is 10.3. The third kappa shape index (κ3) is 4.76. The molecule has 0 fully saturated rings. The number of nitrogens with zero attached hydrogens (tertiary/aromatic N) is 1. The third-order valence-electron chi connectivity index (χ3n) is 4.08. The summed E-state index contributed by atoms with van der Waals surface area (Å²) in [6.45, 7) is 5.19. The highest BCUT2D eigenvalue weighted by Crippen LogP contribution is 2.33. The second kappa shape index (κ2) is 8.72. The molecule has 0 bridgehead atoms. The number of rotatable bonds is 6. The summed E-state index contributed by atoms with van der Waals surface area (Å²) in [7, 11) is 1.50. The van der Waals surface area contributed by atoms with Crippen LogP contribution in [-0.2, 0) is 16.0 Å². The summed E-state index contributed by atoms with van der Waals surface area (Å²) < 4.78 is 5.33. The number of halogens is 1. The number of carbonyl (C=O) groups is 2. The Morgan fingerprint density at radius 1 is 1.19 bits per heavy atom. The largest absolute Gasteiger partial charge is 0.495 e. The molecular formula is C20H23ClN2O3. The fourth-order valence-electron chi connectivity index (χ4n) is 2.56. The molecule has 0 atom stereocenters. The van der Waals surface area contributed by atoms with E-state index in [1.807, 2.05) is 31.2 Å². The maximum absolute atomic E-state index is 12.4. The van der Waals surface area contributed by atoms with Crippen molar-refractivity contribution >= 4 is 34.8 Å². The summed E-state index contributed by atoms with van der Waals surface area (Å²) in [6.07, 6.45) is 0.933. The topological polar surface area (TPSA) is 58.6 Å². The summed E-state index contributed by atoms with van der Waals surface area (Å²) in [5.41, 5.74) is 3.19. The van der Waals surface area contributed by atoms with E-state index in [0.29, 0.717) is 22.1 Å². The van der Waals surface area contributed by atoms with Gasteiger partial charge in [-0.25, -0.2) is 0 Å². The van der Waals surface area contributed by atoms with Crippen molar-refractivity contribution < 1.29 is 14.3 Å². The zero-order chi connectivity index (χ0) is 19.3. The number of hydrogen-bond acceptors (Lipinski definition) is 3. The Labute approximate surface area is 158 Å². The molecule has 26 heavy (non-hydrogen) atoms. The molecule has 0 heterocycles. The van der Waals surface area contributed by atoms with Gasteiger partial charge in [-0.3, -0.25) is 14.5 Å². The van der Waals surface area contributed by atoms with E-state index in [1.54, 1.807) is 12.1 Å². The molecule has 0 spiro atoms. The van der Waals surface area contributed by atoms with E-state index in [1.165, 1.54) is 24.5 Å². The van der Waals surface area contributed by atoms with Gasteiger partial charge in [-0.2, -0.15) is 0 Å². The molecule has 0 saturated heterocycles. The highest BCUT2D eigenvalue weighted by molar-refractivity contribution is 6.31.